The molecule has 2 aromatic carbocycles. The predicted octanol–water partition coefficient (Wildman–Crippen LogP) is 3.46. The molecule has 5 atom stereocenters. The van der Waals surface area contributed by atoms with Crippen LogP contribution in [0.1, 0.15) is 54.4 Å². The van der Waals surface area contributed by atoms with Gasteiger partial charge >= 0.3 is 0 Å². The number of phenolic OH excluding ortho intramolecular Hbond substituents is 1. The molecule has 2 bridgehead atoms. The summed E-state index contributed by atoms with van der Waals surface area (Å²) in [6.07, 6.45) is 8.40. The number of hydrogen-bond acceptors (Lipinski definition) is 5. The van der Waals surface area contributed by atoms with Gasteiger partial charge in [-0.1, -0.05) is 35.9 Å². The van der Waals surface area contributed by atoms with Gasteiger partial charge in [-0.2, -0.15) is 0 Å². The van der Waals surface area contributed by atoms with Gasteiger partial charge in [0.05, 0.1) is 17.1 Å². The maximum absolute atomic E-state index is 13.0. The van der Waals surface area contributed by atoms with E-state index in [1.807, 2.05) is 43.3 Å². The van der Waals surface area contributed by atoms with Gasteiger partial charge in [0.25, 0.3) is 0 Å². The molecular weight excluding hydrogens is 452 g/mol. The number of carbonyl (C=O) groups excluding carboxylic acids is 1. The highest BCUT2D eigenvalue weighted by Crippen LogP contribution is 2.65. The summed E-state index contributed by atoms with van der Waals surface area (Å²) >= 11 is 0. The van der Waals surface area contributed by atoms with E-state index in [0.717, 1.165) is 48.5 Å². The summed E-state index contributed by atoms with van der Waals surface area (Å²) in [7, 11) is 0. The Labute approximate surface area is 212 Å². The molecule has 1 saturated heterocycles. The molecule has 1 spiro atoms. The zero-order valence-corrected chi connectivity index (χ0v) is 20.7. The topological polar surface area (TPSA) is 82.0 Å². The van der Waals surface area contributed by atoms with Gasteiger partial charge in [0.2, 0.25) is 5.91 Å². The lowest BCUT2D eigenvalue weighted by molar-refractivity contribution is -0.192. The first-order valence-electron chi connectivity index (χ1n) is 13.4. The fourth-order valence-corrected chi connectivity index (χ4v) is 7.81. The van der Waals surface area contributed by atoms with E-state index in [0.29, 0.717) is 18.6 Å². The van der Waals surface area contributed by atoms with Crippen LogP contribution in [0.5, 0.6) is 11.5 Å². The molecule has 2 saturated carbocycles. The highest BCUT2D eigenvalue weighted by molar-refractivity contribution is 5.92. The Morgan fingerprint density at radius 2 is 2.08 bits per heavy atom. The summed E-state index contributed by atoms with van der Waals surface area (Å²) in [6, 6.07) is 11.6. The van der Waals surface area contributed by atoms with Crippen molar-refractivity contribution < 1.29 is 19.7 Å². The van der Waals surface area contributed by atoms with Crippen LogP contribution in [0.4, 0.5) is 0 Å². The molecule has 2 aromatic rings. The van der Waals surface area contributed by atoms with Crippen LogP contribution >= 0.6 is 0 Å². The van der Waals surface area contributed by atoms with Crippen molar-refractivity contribution in [2.24, 2.45) is 5.92 Å². The maximum Gasteiger partial charge on any atom is 0.244 e. The minimum atomic E-state index is -0.935. The number of phenols is 1. The number of aromatic hydroxyl groups is 1. The Morgan fingerprint density at radius 3 is 2.89 bits per heavy atom. The third-order valence-electron chi connectivity index (χ3n) is 9.56. The number of aryl methyl sites for hydroxylation is 1. The number of benzene rings is 2. The van der Waals surface area contributed by atoms with E-state index in [4.69, 9.17) is 4.74 Å². The Bertz CT molecular complexity index is 1270. The Kier molecular flexibility index (Phi) is 4.87. The second kappa shape index (κ2) is 7.83. The second-order valence-corrected chi connectivity index (χ2v) is 11.7. The number of piperidine rings is 1. The number of rotatable bonds is 5. The predicted molar refractivity (Wildman–Crippen MR) is 137 cm³/mol. The molecule has 2 aliphatic heterocycles. The molecule has 3 fully saturated rings. The minimum absolute atomic E-state index is 0.0406. The zero-order chi connectivity index (χ0) is 24.7. The number of nitrogens with zero attached hydrogens (tertiary/aromatic N) is 1. The molecule has 3 N–H and O–H groups in total. The number of carbonyl (C=O) groups is 1. The minimum Gasteiger partial charge on any atom is -0.504 e. The first kappa shape index (κ1) is 22.4. The van der Waals surface area contributed by atoms with Crippen molar-refractivity contribution in [2.45, 2.75) is 74.7 Å². The van der Waals surface area contributed by atoms with Crippen LogP contribution in [0, 0.1) is 12.8 Å². The van der Waals surface area contributed by atoms with E-state index in [2.05, 4.69) is 10.2 Å². The average molecular weight is 487 g/mol. The smallest absolute Gasteiger partial charge is 0.244 e. The SMILES string of the molecule is Cc1cccc(/C=C/C(=O)N[C@@H]2CC[C@@]3(O)[C@H]4Cc5ccc(O)c6c5[C@@]3(CCN4CC3CC3)[C@H]2O6)c1. The highest BCUT2D eigenvalue weighted by Gasteiger charge is 2.73. The van der Waals surface area contributed by atoms with Gasteiger partial charge in [0.15, 0.2) is 11.5 Å². The van der Waals surface area contributed by atoms with Gasteiger partial charge in [0, 0.05) is 24.2 Å². The fourth-order valence-electron chi connectivity index (χ4n) is 7.81. The Morgan fingerprint density at radius 1 is 1.22 bits per heavy atom. The van der Waals surface area contributed by atoms with Gasteiger partial charge in [-0.05, 0) is 81.2 Å². The van der Waals surface area contributed by atoms with Gasteiger partial charge in [-0.25, -0.2) is 0 Å². The van der Waals surface area contributed by atoms with Gasteiger partial charge in [-0.3, -0.25) is 9.69 Å². The number of hydrogen-bond donors (Lipinski definition) is 3. The summed E-state index contributed by atoms with van der Waals surface area (Å²) in [5.74, 6) is 1.24. The molecule has 6 nitrogen and oxygen atoms in total. The van der Waals surface area contributed by atoms with Crippen molar-refractivity contribution in [1.82, 2.24) is 10.2 Å². The van der Waals surface area contributed by atoms with Crippen LogP contribution in [0.2, 0.25) is 0 Å². The number of amides is 1. The van der Waals surface area contributed by atoms with Crippen LogP contribution < -0.4 is 10.1 Å². The lowest BCUT2D eigenvalue weighted by Crippen LogP contribution is -2.78. The summed E-state index contributed by atoms with van der Waals surface area (Å²) in [5, 5.41) is 26.5. The monoisotopic (exact) mass is 486 g/mol. The fraction of sp³-hybridized carbons (Fsp3) is 0.500. The zero-order valence-electron chi connectivity index (χ0n) is 20.7. The first-order chi connectivity index (χ1) is 17.4. The Hall–Kier alpha value is -2.83. The lowest BCUT2D eigenvalue weighted by Gasteiger charge is -2.64. The number of nitrogens with one attached hydrogen (secondary N) is 1. The molecule has 188 valence electrons. The molecule has 1 amide bonds. The number of aliphatic hydroxyl groups is 1. The van der Waals surface area contributed by atoms with E-state index in [9.17, 15) is 15.0 Å². The molecule has 7 rings (SSSR count). The van der Waals surface area contributed by atoms with Crippen LogP contribution in [0.15, 0.2) is 42.5 Å². The van der Waals surface area contributed by atoms with Crippen LogP contribution in [-0.4, -0.2) is 57.9 Å². The third kappa shape index (κ3) is 3.13. The summed E-state index contributed by atoms with van der Waals surface area (Å²) in [4.78, 5) is 15.5. The quantitative estimate of drug-likeness (QED) is 0.564. The molecular formula is C30H34N2O4. The van der Waals surface area contributed by atoms with Crippen molar-refractivity contribution in [3.05, 3.63) is 64.7 Å². The number of likely N-dealkylation sites (tertiary alicyclic amines) is 1. The molecule has 0 unspecified atom stereocenters. The molecule has 6 heteroatoms. The van der Waals surface area contributed by atoms with Crippen molar-refractivity contribution in [3.8, 4) is 11.5 Å². The van der Waals surface area contributed by atoms with Gasteiger partial charge < -0.3 is 20.3 Å². The van der Waals surface area contributed by atoms with E-state index in [1.54, 1.807) is 12.1 Å². The van der Waals surface area contributed by atoms with E-state index in [-0.39, 0.29) is 23.7 Å². The molecule has 36 heavy (non-hydrogen) atoms. The van der Waals surface area contributed by atoms with Crippen LogP contribution in [0.3, 0.4) is 0 Å². The summed E-state index contributed by atoms with van der Waals surface area (Å²) < 4.78 is 6.53. The van der Waals surface area contributed by atoms with Crippen LogP contribution in [0.25, 0.3) is 6.08 Å². The summed E-state index contributed by atoms with van der Waals surface area (Å²) in [6.45, 7) is 4.00. The highest BCUT2D eigenvalue weighted by atomic mass is 16.5. The van der Waals surface area contributed by atoms with E-state index >= 15 is 0 Å². The molecule has 5 aliphatic rings. The lowest BCUT2D eigenvalue weighted by atomic mass is 9.48. The standard InChI is InChI=1S/C30H34N2O4/c1-18-3-2-4-19(15-18)7-10-25(34)31-22-11-12-30(35)24-16-21-8-9-23(33)27-26(21)29(30,28(22)36-27)13-14-32(24)17-20-5-6-20/h2-4,7-10,15,20,22,24,28,33,35H,5-6,11-14,16-17H2,1H3,(H,31,34)/b10-7+/t22-,24-,28+,29+,30-/m1/s1. The van der Waals surface area contributed by atoms with E-state index in [1.165, 1.54) is 18.4 Å². The van der Waals surface area contributed by atoms with Crippen molar-refractivity contribution in [1.29, 1.82) is 0 Å². The first-order valence-corrected chi connectivity index (χ1v) is 13.4. The van der Waals surface area contributed by atoms with Gasteiger partial charge in [-0.15, -0.1) is 0 Å². The molecule has 2 heterocycles. The third-order valence-corrected chi connectivity index (χ3v) is 9.56. The number of ether oxygens (including phenoxy) is 1. The maximum atomic E-state index is 13.0. The largest absolute Gasteiger partial charge is 0.504 e. The summed E-state index contributed by atoms with van der Waals surface area (Å²) in [5.41, 5.74) is 2.75. The second-order valence-electron chi connectivity index (χ2n) is 11.7. The molecule has 0 radical (unpaired) electrons. The van der Waals surface area contributed by atoms with Crippen molar-refractivity contribution >= 4 is 12.0 Å². The Balaban J connectivity index is 1.22. The van der Waals surface area contributed by atoms with Crippen molar-refractivity contribution in [3.63, 3.8) is 0 Å². The molecule has 0 aromatic heterocycles. The average Bonchev–Trinajstić information content (AvgIpc) is 3.60. The van der Waals surface area contributed by atoms with Gasteiger partial charge in [0.1, 0.15) is 6.10 Å². The van der Waals surface area contributed by atoms with Crippen molar-refractivity contribution in [2.75, 3.05) is 13.1 Å². The van der Waals surface area contributed by atoms with E-state index < -0.39 is 17.1 Å². The molecule has 3 aliphatic carbocycles. The van der Waals surface area contributed by atoms with Crippen LogP contribution in [-0.2, 0) is 16.6 Å². The normalized spacial score (nSPS) is 34.3.